The van der Waals surface area contributed by atoms with Crippen LogP contribution in [-0.2, 0) is 6.42 Å². The number of anilines is 2. The van der Waals surface area contributed by atoms with Gasteiger partial charge in [-0.2, -0.15) is 0 Å². The van der Waals surface area contributed by atoms with Gasteiger partial charge in [-0.1, -0.05) is 12.1 Å². The summed E-state index contributed by atoms with van der Waals surface area (Å²) in [5.74, 6) is 1.15. The highest BCUT2D eigenvalue weighted by Gasteiger charge is 2.18. The third-order valence-electron chi connectivity index (χ3n) is 4.62. The lowest BCUT2D eigenvalue weighted by atomic mass is 10.1. The van der Waals surface area contributed by atoms with Crippen LogP contribution < -0.4 is 20.1 Å². The van der Waals surface area contributed by atoms with E-state index in [1.807, 2.05) is 24.3 Å². The van der Waals surface area contributed by atoms with Crippen LogP contribution in [0.15, 0.2) is 60.8 Å². The number of hydrogen-bond acceptors (Lipinski definition) is 7. The van der Waals surface area contributed by atoms with E-state index in [9.17, 15) is 14.9 Å². The van der Waals surface area contributed by atoms with Crippen LogP contribution in [0.25, 0.3) is 0 Å². The molecule has 3 rings (SSSR count). The van der Waals surface area contributed by atoms with E-state index in [2.05, 4.69) is 15.6 Å². The topological polar surface area (TPSA) is 116 Å². The quantitative estimate of drug-likeness (QED) is 0.359. The van der Waals surface area contributed by atoms with Gasteiger partial charge in [0.25, 0.3) is 5.91 Å². The SMILES string of the molecule is CCOc1ccc(C(=O)Nc2ccc(NCCc3ccc(OC)cc3)nc2)cc1[N+](=O)[O-]. The molecule has 0 bridgehead atoms. The number of amides is 1. The molecule has 1 heterocycles. The normalized spacial score (nSPS) is 10.3. The minimum absolute atomic E-state index is 0.126. The molecular formula is C23H24N4O5. The van der Waals surface area contributed by atoms with Crippen LogP contribution in [0.4, 0.5) is 17.2 Å². The van der Waals surface area contributed by atoms with Gasteiger partial charge in [0.1, 0.15) is 11.6 Å². The third-order valence-corrected chi connectivity index (χ3v) is 4.62. The van der Waals surface area contributed by atoms with Crippen LogP contribution in [-0.4, -0.2) is 36.1 Å². The fourth-order valence-corrected chi connectivity index (χ4v) is 2.98. The van der Waals surface area contributed by atoms with Gasteiger partial charge in [0, 0.05) is 18.2 Å². The molecule has 9 nitrogen and oxygen atoms in total. The Labute approximate surface area is 185 Å². The van der Waals surface area contributed by atoms with E-state index in [1.54, 1.807) is 26.2 Å². The number of carbonyl (C=O) groups is 1. The van der Waals surface area contributed by atoms with Crippen molar-refractivity contribution in [3.63, 3.8) is 0 Å². The molecule has 32 heavy (non-hydrogen) atoms. The highest BCUT2D eigenvalue weighted by molar-refractivity contribution is 6.04. The van der Waals surface area contributed by atoms with Crippen LogP contribution in [0.3, 0.4) is 0 Å². The van der Waals surface area contributed by atoms with Gasteiger partial charge < -0.3 is 20.1 Å². The third kappa shape index (κ3) is 5.94. The number of pyridine rings is 1. The summed E-state index contributed by atoms with van der Waals surface area (Å²) < 4.78 is 10.4. The summed E-state index contributed by atoms with van der Waals surface area (Å²) in [6.07, 6.45) is 2.34. The van der Waals surface area contributed by atoms with Gasteiger partial charge in [-0.25, -0.2) is 4.98 Å². The Hall–Kier alpha value is -4.14. The Kier molecular flexibility index (Phi) is 7.58. The fraction of sp³-hybridized carbons (Fsp3) is 0.217. The van der Waals surface area contributed by atoms with E-state index in [0.717, 1.165) is 12.2 Å². The molecule has 0 unspecified atom stereocenters. The Balaban J connectivity index is 1.56. The van der Waals surface area contributed by atoms with E-state index in [1.165, 1.54) is 30.0 Å². The number of nitro benzene ring substituents is 1. The number of benzene rings is 2. The zero-order valence-corrected chi connectivity index (χ0v) is 17.8. The Morgan fingerprint density at radius 1 is 1.12 bits per heavy atom. The molecule has 9 heteroatoms. The van der Waals surface area contributed by atoms with Crippen molar-refractivity contribution < 1.29 is 19.2 Å². The van der Waals surface area contributed by atoms with Crippen molar-refractivity contribution in [3.8, 4) is 11.5 Å². The van der Waals surface area contributed by atoms with Gasteiger partial charge in [0.2, 0.25) is 0 Å². The van der Waals surface area contributed by atoms with Gasteiger partial charge >= 0.3 is 5.69 Å². The highest BCUT2D eigenvalue weighted by Crippen LogP contribution is 2.28. The molecule has 0 saturated carbocycles. The molecule has 0 spiro atoms. The minimum atomic E-state index is -0.574. The van der Waals surface area contributed by atoms with Crippen LogP contribution in [0, 0.1) is 10.1 Å². The van der Waals surface area contributed by atoms with Crippen molar-refractivity contribution >= 4 is 23.1 Å². The monoisotopic (exact) mass is 436 g/mol. The van der Waals surface area contributed by atoms with Crippen molar-refractivity contribution in [1.82, 2.24) is 4.98 Å². The number of hydrogen-bond donors (Lipinski definition) is 2. The van der Waals surface area contributed by atoms with Crippen molar-refractivity contribution in [3.05, 3.63) is 82.0 Å². The number of nitro groups is 1. The summed E-state index contributed by atoms with van der Waals surface area (Å²) in [6, 6.07) is 15.4. The molecule has 0 aliphatic carbocycles. The molecule has 166 valence electrons. The molecule has 1 amide bonds. The van der Waals surface area contributed by atoms with Crippen molar-refractivity contribution in [2.75, 3.05) is 30.9 Å². The van der Waals surface area contributed by atoms with E-state index in [-0.39, 0.29) is 17.0 Å². The Bertz CT molecular complexity index is 1070. The number of aromatic nitrogens is 1. The van der Waals surface area contributed by atoms with Crippen LogP contribution >= 0.6 is 0 Å². The smallest absolute Gasteiger partial charge is 0.311 e. The zero-order chi connectivity index (χ0) is 22.9. The lowest BCUT2D eigenvalue weighted by Gasteiger charge is -2.09. The van der Waals surface area contributed by atoms with Gasteiger partial charge in [-0.3, -0.25) is 14.9 Å². The molecular weight excluding hydrogens is 412 g/mol. The largest absolute Gasteiger partial charge is 0.497 e. The second kappa shape index (κ2) is 10.8. The number of nitrogens with one attached hydrogen (secondary N) is 2. The van der Waals surface area contributed by atoms with Gasteiger partial charge in [-0.15, -0.1) is 0 Å². The van der Waals surface area contributed by atoms with Gasteiger partial charge in [-0.05, 0) is 55.3 Å². The molecule has 0 saturated heterocycles. The summed E-state index contributed by atoms with van der Waals surface area (Å²) >= 11 is 0. The molecule has 0 radical (unpaired) electrons. The van der Waals surface area contributed by atoms with Gasteiger partial charge in [0.15, 0.2) is 5.75 Å². The van der Waals surface area contributed by atoms with E-state index in [0.29, 0.717) is 24.7 Å². The first kappa shape index (κ1) is 22.5. The Morgan fingerprint density at radius 2 is 1.91 bits per heavy atom. The van der Waals surface area contributed by atoms with Crippen LogP contribution in [0.2, 0.25) is 0 Å². The lowest BCUT2D eigenvalue weighted by molar-refractivity contribution is -0.385. The second-order valence-electron chi connectivity index (χ2n) is 6.78. The standard InChI is InChI=1S/C23H24N4O5/c1-3-32-21-10-6-17(14-20(21)27(29)30)23(28)26-18-7-11-22(25-15-18)24-13-12-16-4-8-19(31-2)9-5-16/h4-11,14-15H,3,12-13H2,1-2H3,(H,24,25)(H,26,28). The Morgan fingerprint density at radius 3 is 2.53 bits per heavy atom. The molecule has 0 aliphatic rings. The van der Waals surface area contributed by atoms with Crippen LogP contribution in [0.5, 0.6) is 11.5 Å². The number of rotatable bonds is 10. The molecule has 0 atom stereocenters. The first-order valence-electron chi connectivity index (χ1n) is 10.1. The first-order chi connectivity index (χ1) is 15.5. The average Bonchev–Trinajstić information content (AvgIpc) is 2.81. The predicted molar refractivity (Wildman–Crippen MR) is 122 cm³/mol. The zero-order valence-electron chi connectivity index (χ0n) is 17.8. The van der Waals surface area contributed by atoms with E-state index in [4.69, 9.17) is 9.47 Å². The van der Waals surface area contributed by atoms with E-state index >= 15 is 0 Å². The van der Waals surface area contributed by atoms with E-state index < -0.39 is 10.8 Å². The minimum Gasteiger partial charge on any atom is -0.497 e. The molecule has 2 aromatic carbocycles. The second-order valence-corrected chi connectivity index (χ2v) is 6.78. The van der Waals surface area contributed by atoms with Crippen molar-refractivity contribution in [1.29, 1.82) is 0 Å². The maximum Gasteiger partial charge on any atom is 0.311 e. The predicted octanol–water partition coefficient (Wildman–Crippen LogP) is 4.30. The maximum absolute atomic E-state index is 12.5. The molecule has 1 aromatic heterocycles. The fourth-order valence-electron chi connectivity index (χ4n) is 2.98. The first-order valence-corrected chi connectivity index (χ1v) is 10.1. The summed E-state index contributed by atoms with van der Waals surface area (Å²) in [6.45, 7) is 2.72. The summed E-state index contributed by atoms with van der Waals surface area (Å²) in [5.41, 5.74) is 1.55. The molecule has 2 N–H and O–H groups in total. The summed E-state index contributed by atoms with van der Waals surface area (Å²) in [4.78, 5) is 27.5. The number of carbonyl (C=O) groups excluding carboxylic acids is 1. The van der Waals surface area contributed by atoms with Crippen molar-refractivity contribution in [2.45, 2.75) is 13.3 Å². The highest BCUT2D eigenvalue weighted by atomic mass is 16.6. The molecule has 0 aliphatic heterocycles. The van der Waals surface area contributed by atoms with Gasteiger partial charge in [0.05, 0.1) is 30.5 Å². The van der Waals surface area contributed by atoms with Crippen LogP contribution in [0.1, 0.15) is 22.8 Å². The maximum atomic E-state index is 12.5. The molecule has 3 aromatic rings. The number of nitrogens with zero attached hydrogens (tertiary/aromatic N) is 2. The number of methoxy groups -OCH3 is 1. The molecule has 0 fully saturated rings. The average molecular weight is 436 g/mol. The van der Waals surface area contributed by atoms with Crippen molar-refractivity contribution in [2.24, 2.45) is 0 Å². The summed E-state index contributed by atoms with van der Waals surface area (Å²) in [7, 11) is 1.64. The summed E-state index contributed by atoms with van der Waals surface area (Å²) in [5, 5.41) is 17.2. The number of ether oxygens (including phenoxy) is 2. The lowest BCUT2D eigenvalue weighted by Crippen LogP contribution is -2.13.